The first kappa shape index (κ1) is 11.9. The minimum absolute atomic E-state index is 0.134. The van der Waals surface area contributed by atoms with E-state index >= 15 is 0 Å². The third-order valence-corrected chi connectivity index (χ3v) is 2.97. The molecule has 1 aromatic rings. The zero-order chi connectivity index (χ0) is 12.3. The lowest BCUT2D eigenvalue weighted by Gasteiger charge is -2.24. The lowest BCUT2D eigenvalue weighted by Crippen LogP contribution is -2.32. The normalized spacial score (nSPS) is 23.6. The van der Waals surface area contributed by atoms with Gasteiger partial charge in [-0.2, -0.15) is 0 Å². The first-order valence-corrected chi connectivity index (χ1v) is 5.67. The van der Waals surface area contributed by atoms with E-state index < -0.39 is 0 Å². The Kier molecular flexibility index (Phi) is 3.33. The highest BCUT2D eigenvalue weighted by atomic mass is 16.5. The second kappa shape index (κ2) is 4.75. The van der Waals surface area contributed by atoms with Crippen molar-refractivity contribution in [3.8, 4) is 5.75 Å². The molecule has 3 N–H and O–H groups in total. The molecular formula is C11H18N4O2. The Morgan fingerprint density at radius 3 is 3.06 bits per heavy atom. The molecule has 1 atom stereocenters. The molecule has 1 aromatic heterocycles. The topological polar surface area (TPSA) is 82.3 Å². The van der Waals surface area contributed by atoms with Crippen LogP contribution in [-0.4, -0.2) is 35.8 Å². The van der Waals surface area contributed by atoms with Gasteiger partial charge in [-0.1, -0.05) is 0 Å². The van der Waals surface area contributed by atoms with Crippen molar-refractivity contribution in [2.45, 2.75) is 25.4 Å². The third kappa shape index (κ3) is 2.58. The largest absolute Gasteiger partial charge is 0.490 e. The van der Waals surface area contributed by atoms with E-state index in [1.807, 2.05) is 0 Å². The Labute approximate surface area is 101 Å². The van der Waals surface area contributed by atoms with Crippen LogP contribution in [0.1, 0.15) is 19.8 Å². The van der Waals surface area contributed by atoms with Gasteiger partial charge in [-0.05, 0) is 19.8 Å². The molecule has 0 radical (unpaired) electrons. The SMILES string of the molecule is COc1c(N)ncnc1NCC1(C)CCCO1. The van der Waals surface area contributed by atoms with Gasteiger partial charge in [0.1, 0.15) is 6.33 Å². The van der Waals surface area contributed by atoms with E-state index in [-0.39, 0.29) is 5.60 Å². The standard InChI is InChI=1S/C11H18N4O2/c1-11(4-3-5-17-11)6-13-10-8(16-2)9(12)14-7-15-10/h7H,3-6H2,1-2H3,(H3,12,13,14,15). The van der Waals surface area contributed by atoms with Crippen LogP contribution in [0.15, 0.2) is 6.33 Å². The molecule has 0 amide bonds. The number of anilines is 2. The smallest absolute Gasteiger partial charge is 0.203 e. The van der Waals surface area contributed by atoms with Crippen molar-refractivity contribution in [1.82, 2.24) is 9.97 Å². The fraction of sp³-hybridized carbons (Fsp3) is 0.636. The average Bonchev–Trinajstić information content (AvgIpc) is 2.74. The minimum Gasteiger partial charge on any atom is -0.490 e. The zero-order valence-electron chi connectivity index (χ0n) is 10.2. The van der Waals surface area contributed by atoms with Gasteiger partial charge < -0.3 is 20.5 Å². The molecular weight excluding hydrogens is 220 g/mol. The van der Waals surface area contributed by atoms with Gasteiger partial charge in [0.25, 0.3) is 0 Å². The molecule has 2 heterocycles. The second-order valence-electron chi connectivity index (χ2n) is 4.40. The molecule has 1 aliphatic heterocycles. The summed E-state index contributed by atoms with van der Waals surface area (Å²) in [5.74, 6) is 1.42. The number of aromatic nitrogens is 2. The number of hydrogen-bond donors (Lipinski definition) is 2. The fourth-order valence-corrected chi connectivity index (χ4v) is 1.96. The molecule has 6 heteroatoms. The number of nitrogens with two attached hydrogens (primary N) is 1. The fourth-order valence-electron chi connectivity index (χ4n) is 1.96. The maximum absolute atomic E-state index is 5.70. The van der Waals surface area contributed by atoms with Crippen LogP contribution in [0.3, 0.4) is 0 Å². The van der Waals surface area contributed by atoms with E-state index in [0.29, 0.717) is 23.9 Å². The van der Waals surface area contributed by atoms with Crippen LogP contribution in [0.2, 0.25) is 0 Å². The lowest BCUT2D eigenvalue weighted by atomic mass is 10.0. The van der Waals surface area contributed by atoms with E-state index in [1.54, 1.807) is 7.11 Å². The van der Waals surface area contributed by atoms with Gasteiger partial charge in [-0.3, -0.25) is 0 Å². The van der Waals surface area contributed by atoms with Gasteiger partial charge >= 0.3 is 0 Å². The maximum Gasteiger partial charge on any atom is 0.203 e. The molecule has 0 spiro atoms. The number of methoxy groups -OCH3 is 1. The van der Waals surface area contributed by atoms with Gasteiger partial charge in [0, 0.05) is 13.2 Å². The number of nitrogen functional groups attached to an aromatic ring is 1. The highest BCUT2D eigenvalue weighted by Gasteiger charge is 2.29. The Morgan fingerprint density at radius 1 is 1.59 bits per heavy atom. The Hall–Kier alpha value is -1.56. The minimum atomic E-state index is -0.134. The van der Waals surface area contributed by atoms with Crippen molar-refractivity contribution in [1.29, 1.82) is 0 Å². The summed E-state index contributed by atoms with van der Waals surface area (Å²) in [5.41, 5.74) is 5.57. The molecule has 0 aliphatic carbocycles. The molecule has 1 saturated heterocycles. The number of ether oxygens (including phenoxy) is 2. The molecule has 1 fully saturated rings. The Morgan fingerprint density at radius 2 is 2.41 bits per heavy atom. The van der Waals surface area contributed by atoms with E-state index in [0.717, 1.165) is 19.4 Å². The first-order chi connectivity index (χ1) is 8.14. The summed E-state index contributed by atoms with van der Waals surface area (Å²) in [4.78, 5) is 8.00. The summed E-state index contributed by atoms with van der Waals surface area (Å²) >= 11 is 0. The van der Waals surface area contributed by atoms with Gasteiger partial charge in [-0.15, -0.1) is 0 Å². The van der Waals surface area contributed by atoms with Crippen LogP contribution in [-0.2, 0) is 4.74 Å². The molecule has 2 rings (SSSR count). The Bertz CT molecular complexity index is 391. The molecule has 17 heavy (non-hydrogen) atoms. The molecule has 6 nitrogen and oxygen atoms in total. The number of hydrogen-bond acceptors (Lipinski definition) is 6. The van der Waals surface area contributed by atoms with E-state index in [9.17, 15) is 0 Å². The number of rotatable bonds is 4. The van der Waals surface area contributed by atoms with Crippen molar-refractivity contribution < 1.29 is 9.47 Å². The van der Waals surface area contributed by atoms with Crippen LogP contribution in [0.5, 0.6) is 5.75 Å². The van der Waals surface area contributed by atoms with E-state index in [1.165, 1.54) is 6.33 Å². The van der Waals surface area contributed by atoms with E-state index in [2.05, 4.69) is 22.2 Å². The van der Waals surface area contributed by atoms with Gasteiger partial charge in [0.15, 0.2) is 11.6 Å². The second-order valence-corrected chi connectivity index (χ2v) is 4.40. The first-order valence-electron chi connectivity index (χ1n) is 5.67. The summed E-state index contributed by atoms with van der Waals surface area (Å²) in [5, 5.41) is 3.21. The van der Waals surface area contributed by atoms with Crippen molar-refractivity contribution in [3.05, 3.63) is 6.33 Å². The molecule has 1 unspecified atom stereocenters. The molecule has 0 saturated carbocycles. The number of nitrogens with one attached hydrogen (secondary N) is 1. The van der Waals surface area contributed by atoms with Crippen LogP contribution in [0, 0.1) is 0 Å². The highest BCUT2D eigenvalue weighted by Crippen LogP contribution is 2.29. The van der Waals surface area contributed by atoms with Crippen LogP contribution in [0.25, 0.3) is 0 Å². The molecule has 0 aromatic carbocycles. The summed E-state index contributed by atoms with van der Waals surface area (Å²) in [6.45, 7) is 3.59. The van der Waals surface area contributed by atoms with Crippen LogP contribution >= 0.6 is 0 Å². The van der Waals surface area contributed by atoms with Crippen LogP contribution in [0.4, 0.5) is 11.6 Å². The average molecular weight is 238 g/mol. The van der Waals surface area contributed by atoms with Gasteiger partial charge in [-0.25, -0.2) is 9.97 Å². The summed E-state index contributed by atoms with van der Waals surface area (Å²) in [7, 11) is 1.55. The number of nitrogens with zero attached hydrogens (tertiary/aromatic N) is 2. The van der Waals surface area contributed by atoms with Crippen molar-refractivity contribution >= 4 is 11.6 Å². The quantitative estimate of drug-likeness (QED) is 0.815. The van der Waals surface area contributed by atoms with Crippen molar-refractivity contribution in [2.24, 2.45) is 0 Å². The lowest BCUT2D eigenvalue weighted by molar-refractivity contribution is 0.0314. The molecule has 1 aliphatic rings. The maximum atomic E-state index is 5.70. The summed E-state index contributed by atoms with van der Waals surface area (Å²) in [6, 6.07) is 0. The highest BCUT2D eigenvalue weighted by molar-refractivity contribution is 5.61. The predicted octanol–water partition coefficient (Wildman–Crippen LogP) is 1.05. The van der Waals surface area contributed by atoms with Gasteiger partial charge in [0.05, 0.1) is 12.7 Å². The van der Waals surface area contributed by atoms with Crippen molar-refractivity contribution in [3.63, 3.8) is 0 Å². The molecule has 94 valence electrons. The summed E-state index contributed by atoms with van der Waals surface area (Å²) in [6.07, 6.45) is 3.56. The summed E-state index contributed by atoms with van der Waals surface area (Å²) < 4.78 is 10.9. The molecule has 0 bridgehead atoms. The van der Waals surface area contributed by atoms with Gasteiger partial charge in [0.2, 0.25) is 5.75 Å². The third-order valence-electron chi connectivity index (χ3n) is 2.97. The van der Waals surface area contributed by atoms with E-state index in [4.69, 9.17) is 15.2 Å². The predicted molar refractivity (Wildman–Crippen MR) is 65.1 cm³/mol. The zero-order valence-corrected chi connectivity index (χ0v) is 10.2. The van der Waals surface area contributed by atoms with Crippen LogP contribution < -0.4 is 15.8 Å². The van der Waals surface area contributed by atoms with Crippen molar-refractivity contribution in [2.75, 3.05) is 31.3 Å². The Balaban J connectivity index is 2.06. The monoisotopic (exact) mass is 238 g/mol.